The molecule has 0 bridgehead atoms. The lowest BCUT2D eigenvalue weighted by Gasteiger charge is -2.34. The van der Waals surface area contributed by atoms with Crippen molar-refractivity contribution < 1.29 is 23.9 Å². The van der Waals surface area contributed by atoms with Gasteiger partial charge in [0, 0.05) is 20.1 Å². The quantitative estimate of drug-likeness (QED) is 0.541. The largest absolute Gasteiger partial charge is 0.460 e. The van der Waals surface area contributed by atoms with Gasteiger partial charge in [-0.15, -0.1) is 0 Å². The van der Waals surface area contributed by atoms with Crippen LogP contribution in [-0.4, -0.2) is 66.2 Å². The molecule has 0 spiro atoms. The van der Waals surface area contributed by atoms with E-state index in [2.05, 4.69) is 6.58 Å². The maximum absolute atomic E-state index is 12.9. The normalized spacial score (nSPS) is 15.9. The summed E-state index contributed by atoms with van der Waals surface area (Å²) in [5.41, 5.74) is -0.655. The summed E-state index contributed by atoms with van der Waals surface area (Å²) in [7, 11) is 1.46. The first-order valence-electron chi connectivity index (χ1n) is 8.67. The first kappa shape index (κ1) is 21.0. The molecule has 0 aromatic rings. The van der Waals surface area contributed by atoms with Gasteiger partial charge in [0.25, 0.3) is 0 Å². The highest BCUT2D eigenvalue weighted by molar-refractivity contribution is 5.89. The lowest BCUT2D eigenvalue weighted by molar-refractivity contribution is -0.158. The van der Waals surface area contributed by atoms with Crippen LogP contribution in [0.4, 0.5) is 4.79 Å². The van der Waals surface area contributed by atoms with Crippen LogP contribution >= 0.6 is 0 Å². The van der Waals surface area contributed by atoms with Gasteiger partial charge >= 0.3 is 12.1 Å². The van der Waals surface area contributed by atoms with Crippen LogP contribution in [-0.2, 0) is 19.1 Å². The third-order valence-corrected chi connectivity index (χ3v) is 3.81. The number of piperidine rings is 1. The molecule has 0 aliphatic carbocycles. The molecule has 1 saturated heterocycles. The Morgan fingerprint density at radius 3 is 2.32 bits per heavy atom. The molecular formula is C18H30N2O5. The first-order chi connectivity index (χ1) is 11.7. The summed E-state index contributed by atoms with van der Waals surface area (Å²) < 4.78 is 10.3. The van der Waals surface area contributed by atoms with Gasteiger partial charge in [-0.25, -0.2) is 4.79 Å². The predicted octanol–water partition coefficient (Wildman–Crippen LogP) is 2.35. The summed E-state index contributed by atoms with van der Waals surface area (Å²) in [4.78, 5) is 40.1. The van der Waals surface area contributed by atoms with E-state index in [1.54, 1.807) is 25.7 Å². The monoisotopic (exact) mass is 354 g/mol. The van der Waals surface area contributed by atoms with Crippen molar-refractivity contribution in [2.75, 3.05) is 26.7 Å². The maximum atomic E-state index is 12.9. The van der Waals surface area contributed by atoms with Crippen molar-refractivity contribution in [2.45, 2.75) is 58.1 Å². The second kappa shape index (κ2) is 9.44. The molecule has 0 aromatic carbocycles. The predicted molar refractivity (Wildman–Crippen MR) is 94.0 cm³/mol. The van der Waals surface area contributed by atoms with Gasteiger partial charge in [-0.05, 0) is 40.0 Å². The highest BCUT2D eigenvalue weighted by atomic mass is 16.6. The molecule has 1 rings (SSSR count). The number of ether oxygens (including phenoxy) is 2. The van der Waals surface area contributed by atoms with E-state index in [1.807, 2.05) is 0 Å². The number of likely N-dealkylation sites (tertiary alicyclic amines) is 1. The molecule has 0 aromatic heterocycles. The summed E-state index contributed by atoms with van der Waals surface area (Å²) in [6, 6.07) is -0.940. The maximum Gasteiger partial charge on any atom is 0.410 e. The Morgan fingerprint density at radius 2 is 1.80 bits per heavy atom. The highest BCUT2D eigenvalue weighted by Crippen LogP contribution is 2.17. The molecule has 2 amide bonds. The van der Waals surface area contributed by atoms with E-state index in [0.29, 0.717) is 13.1 Å². The number of nitrogens with zero attached hydrogens (tertiary/aromatic N) is 2. The Bertz CT molecular complexity index is 492. The van der Waals surface area contributed by atoms with E-state index in [0.717, 1.165) is 19.3 Å². The molecule has 1 unspecified atom stereocenters. The van der Waals surface area contributed by atoms with Gasteiger partial charge in [-0.2, -0.15) is 0 Å². The van der Waals surface area contributed by atoms with Crippen molar-refractivity contribution in [1.29, 1.82) is 0 Å². The average molecular weight is 354 g/mol. The van der Waals surface area contributed by atoms with Crippen LogP contribution in [0, 0.1) is 0 Å². The van der Waals surface area contributed by atoms with Gasteiger partial charge in [-0.1, -0.05) is 12.7 Å². The summed E-state index contributed by atoms with van der Waals surface area (Å²) in [6.45, 7) is 10.1. The van der Waals surface area contributed by atoms with Crippen molar-refractivity contribution in [3.8, 4) is 0 Å². The third-order valence-electron chi connectivity index (χ3n) is 3.81. The van der Waals surface area contributed by atoms with E-state index >= 15 is 0 Å². The molecule has 0 radical (unpaired) electrons. The second-order valence-electron chi connectivity index (χ2n) is 7.17. The van der Waals surface area contributed by atoms with E-state index in [-0.39, 0.29) is 18.9 Å². The van der Waals surface area contributed by atoms with E-state index in [4.69, 9.17) is 9.47 Å². The zero-order valence-electron chi connectivity index (χ0n) is 15.7. The Labute approximate surface area is 149 Å². The number of hydrogen-bond donors (Lipinski definition) is 0. The molecular weight excluding hydrogens is 324 g/mol. The van der Waals surface area contributed by atoms with Crippen LogP contribution in [0.5, 0.6) is 0 Å². The molecule has 1 heterocycles. The molecule has 7 heteroatoms. The number of carbonyl (C=O) groups excluding carboxylic acids is 3. The number of likely N-dealkylation sites (N-methyl/N-ethyl adjacent to an activating group) is 1. The number of carbonyl (C=O) groups is 3. The van der Waals surface area contributed by atoms with Gasteiger partial charge < -0.3 is 14.4 Å². The van der Waals surface area contributed by atoms with Crippen LogP contribution in [0.15, 0.2) is 12.7 Å². The van der Waals surface area contributed by atoms with Crippen LogP contribution < -0.4 is 0 Å². The van der Waals surface area contributed by atoms with E-state index in [1.165, 1.54) is 18.0 Å². The number of amides is 2. The minimum Gasteiger partial charge on any atom is -0.460 e. The average Bonchev–Trinajstić information content (AvgIpc) is 2.55. The Morgan fingerprint density at radius 1 is 1.20 bits per heavy atom. The van der Waals surface area contributed by atoms with Crippen LogP contribution in [0.2, 0.25) is 0 Å². The molecule has 1 aliphatic heterocycles. The molecule has 142 valence electrons. The molecule has 7 nitrogen and oxygen atoms in total. The highest BCUT2D eigenvalue weighted by Gasteiger charge is 2.35. The topological polar surface area (TPSA) is 76.1 Å². The summed E-state index contributed by atoms with van der Waals surface area (Å²) >= 11 is 0. The molecule has 0 saturated carbocycles. The van der Waals surface area contributed by atoms with Gasteiger partial charge in [-0.3, -0.25) is 14.5 Å². The second-order valence-corrected chi connectivity index (χ2v) is 7.17. The molecule has 1 fully saturated rings. The standard InChI is InChI=1S/C18H30N2O5/c1-6-12-24-17(23)19(5)14(13-15(21)25-18(2,3)4)16(22)20-10-8-7-9-11-20/h6,14H,1,7-13H2,2-5H3. The summed E-state index contributed by atoms with van der Waals surface area (Å²) in [6.07, 6.45) is 3.51. The van der Waals surface area contributed by atoms with Crippen LogP contribution in [0.1, 0.15) is 46.5 Å². The molecule has 0 N–H and O–H groups in total. The number of esters is 1. The Hall–Kier alpha value is -2.05. The first-order valence-corrected chi connectivity index (χ1v) is 8.67. The summed E-state index contributed by atoms with van der Waals surface area (Å²) in [5, 5.41) is 0. The zero-order chi connectivity index (χ0) is 19.0. The van der Waals surface area contributed by atoms with Crippen molar-refractivity contribution in [2.24, 2.45) is 0 Å². The molecule has 25 heavy (non-hydrogen) atoms. The van der Waals surface area contributed by atoms with Crippen molar-refractivity contribution >= 4 is 18.0 Å². The fraction of sp³-hybridized carbons (Fsp3) is 0.722. The van der Waals surface area contributed by atoms with E-state index < -0.39 is 23.7 Å². The van der Waals surface area contributed by atoms with Gasteiger partial charge in [0.2, 0.25) is 5.91 Å². The van der Waals surface area contributed by atoms with Gasteiger partial charge in [0.15, 0.2) is 0 Å². The van der Waals surface area contributed by atoms with E-state index in [9.17, 15) is 14.4 Å². The fourth-order valence-corrected chi connectivity index (χ4v) is 2.62. The van der Waals surface area contributed by atoms with Gasteiger partial charge in [0.05, 0.1) is 6.42 Å². The molecule has 1 atom stereocenters. The smallest absolute Gasteiger partial charge is 0.410 e. The van der Waals surface area contributed by atoms with Crippen molar-refractivity contribution in [3.05, 3.63) is 12.7 Å². The minimum absolute atomic E-state index is 0.0419. The van der Waals surface area contributed by atoms with Crippen molar-refractivity contribution in [1.82, 2.24) is 9.80 Å². The zero-order valence-corrected chi connectivity index (χ0v) is 15.7. The third kappa shape index (κ3) is 7.15. The minimum atomic E-state index is -0.940. The number of rotatable bonds is 6. The Kier molecular flexibility index (Phi) is 7.93. The SMILES string of the molecule is C=CCOC(=O)N(C)C(CC(=O)OC(C)(C)C)C(=O)N1CCCCC1. The van der Waals surface area contributed by atoms with Gasteiger partial charge in [0.1, 0.15) is 18.2 Å². The lowest BCUT2D eigenvalue weighted by Crippen LogP contribution is -2.52. The molecule has 1 aliphatic rings. The summed E-state index contributed by atoms with van der Waals surface area (Å²) in [5.74, 6) is -0.769. The fourth-order valence-electron chi connectivity index (χ4n) is 2.62. The van der Waals surface area contributed by atoms with Crippen LogP contribution in [0.3, 0.4) is 0 Å². The number of hydrogen-bond acceptors (Lipinski definition) is 5. The van der Waals surface area contributed by atoms with Crippen LogP contribution in [0.25, 0.3) is 0 Å². The lowest BCUT2D eigenvalue weighted by atomic mass is 10.1. The van der Waals surface area contributed by atoms with Crippen molar-refractivity contribution in [3.63, 3.8) is 0 Å². The Balaban J connectivity index is 2.87.